The van der Waals surface area contributed by atoms with Crippen LogP contribution in [0.25, 0.3) is 0 Å². The highest BCUT2D eigenvalue weighted by Gasteiger charge is 2.34. The third-order valence-corrected chi connectivity index (χ3v) is 6.67. The summed E-state index contributed by atoms with van der Waals surface area (Å²) in [5.74, 6) is 1.22. The van der Waals surface area contributed by atoms with Crippen LogP contribution in [0.5, 0.6) is 0 Å². The van der Waals surface area contributed by atoms with Gasteiger partial charge < -0.3 is 5.32 Å². The van der Waals surface area contributed by atoms with E-state index in [1.54, 1.807) is 12.1 Å². The number of nitrogens with one attached hydrogen (secondary N) is 1. The zero-order chi connectivity index (χ0) is 19.6. The topological polar surface area (TPSA) is 36.8 Å². The molecule has 3 aliphatic rings. The van der Waals surface area contributed by atoms with Gasteiger partial charge >= 0.3 is 0 Å². The minimum Gasteiger partial charge on any atom is -0.352 e. The van der Waals surface area contributed by atoms with E-state index in [-0.39, 0.29) is 11.7 Å². The summed E-state index contributed by atoms with van der Waals surface area (Å²) in [5.41, 5.74) is 4.87. The molecule has 2 aromatic rings. The molecule has 0 saturated heterocycles. The van der Waals surface area contributed by atoms with Crippen molar-refractivity contribution >= 4 is 11.7 Å². The summed E-state index contributed by atoms with van der Waals surface area (Å²) in [6.07, 6.45) is 8.70. The van der Waals surface area contributed by atoms with Gasteiger partial charge in [0.1, 0.15) is 5.82 Å². The second kappa shape index (κ2) is 8.10. The minimum atomic E-state index is -0.184. The number of hydrogen-bond acceptors (Lipinski definition) is 3. The molecule has 5 rings (SSSR count). The Kier molecular flexibility index (Phi) is 5.17. The van der Waals surface area contributed by atoms with Gasteiger partial charge in [0.05, 0.1) is 12.3 Å². The fraction of sp³-hybridized carbons (Fsp3) is 0.440. The van der Waals surface area contributed by atoms with E-state index in [1.165, 1.54) is 60.9 Å². The molecule has 0 spiro atoms. The Morgan fingerprint density at radius 3 is 2.45 bits per heavy atom. The van der Waals surface area contributed by atoms with Crippen molar-refractivity contribution in [1.82, 2.24) is 5.32 Å². The molecule has 1 saturated carbocycles. The lowest BCUT2D eigenvalue weighted by molar-refractivity contribution is 0.521. The maximum absolute atomic E-state index is 13.4. The molecule has 1 aliphatic heterocycles. The second-order valence-electron chi connectivity index (χ2n) is 8.62. The Hall–Kier alpha value is -2.49. The molecule has 29 heavy (non-hydrogen) atoms. The highest BCUT2D eigenvalue weighted by atomic mass is 19.1. The lowest BCUT2D eigenvalue weighted by atomic mass is 9.72. The molecule has 2 unspecified atom stereocenters. The molecule has 0 radical (unpaired) electrons. The molecule has 4 heteroatoms. The second-order valence-corrected chi connectivity index (χ2v) is 8.62. The van der Waals surface area contributed by atoms with E-state index < -0.39 is 0 Å². The largest absolute Gasteiger partial charge is 0.352 e. The average Bonchev–Trinajstić information content (AvgIpc) is 3.03. The number of fused-ring (bicyclic) bond motifs is 3. The summed E-state index contributed by atoms with van der Waals surface area (Å²) in [7, 11) is 0. The van der Waals surface area contributed by atoms with E-state index in [4.69, 9.17) is 9.98 Å². The third-order valence-electron chi connectivity index (χ3n) is 6.67. The fourth-order valence-electron chi connectivity index (χ4n) is 5.13. The Bertz CT molecular complexity index is 923. The molecular weight excluding hydrogens is 361 g/mol. The fourth-order valence-corrected chi connectivity index (χ4v) is 5.13. The highest BCUT2D eigenvalue weighted by Crippen LogP contribution is 2.40. The molecule has 3 nitrogen and oxygen atoms in total. The SMILES string of the molecule is Fc1ccc(C2CC3CN=C(NC4CCCCCC4)N=C3c3ccccc32)cc1. The van der Waals surface area contributed by atoms with E-state index in [0.29, 0.717) is 12.0 Å². The summed E-state index contributed by atoms with van der Waals surface area (Å²) >= 11 is 0. The van der Waals surface area contributed by atoms with Gasteiger partial charge in [-0.25, -0.2) is 9.38 Å². The number of nitrogens with zero attached hydrogens (tertiary/aromatic N) is 2. The molecule has 2 atom stereocenters. The first-order valence-electron chi connectivity index (χ1n) is 11.0. The highest BCUT2D eigenvalue weighted by molar-refractivity contribution is 6.11. The van der Waals surface area contributed by atoms with Crippen molar-refractivity contribution in [2.75, 3.05) is 6.54 Å². The van der Waals surface area contributed by atoms with Crippen LogP contribution in [0, 0.1) is 11.7 Å². The molecule has 0 amide bonds. The summed E-state index contributed by atoms with van der Waals surface area (Å²) in [6.45, 7) is 0.778. The van der Waals surface area contributed by atoms with Gasteiger partial charge in [0.15, 0.2) is 0 Å². The first kappa shape index (κ1) is 18.5. The smallest absolute Gasteiger partial charge is 0.218 e. The van der Waals surface area contributed by atoms with E-state index in [9.17, 15) is 4.39 Å². The predicted molar refractivity (Wildman–Crippen MR) is 116 cm³/mol. The number of hydrogen-bond donors (Lipinski definition) is 1. The van der Waals surface area contributed by atoms with E-state index >= 15 is 0 Å². The Morgan fingerprint density at radius 2 is 1.66 bits per heavy atom. The first-order valence-corrected chi connectivity index (χ1v) is 11.0. The molecule has 0 bridgehead atoms. The number of aliphatic imine (C=N–C) groups is 2. The quantitative estimate of drug-likeness (QED) is 0.682. The van der Waals surface area contributed by atoms with Gasteiger partial charge in [-0.2, -0.15) is 0 Å². The summed E-state index contributed by atoms with van der Waals surface area (Å²) < 4.78 is 13.4. The molecule has 1 fully saturated rings. The summed E-state index contributed by atoms with van der Waals surface area (Å²) in [6, 6.07) is 16.0. The lowest BCUT2D eigenvalue weighted by Gasteiger charge is -2.34. The van der Waals surface area contributed by atoms with Crippen molar-refractivity contribution in [2.24, 2.45) is 15.9 Å². The van der Waals surface area contributed by atoms with Gasteiger partial charge in [-0.3, -0.25) is 4.99 Å². The van der Waals surface area contributed by atoms with Crippen LogP contribution in [-0.2, 0) is 0 Å². The molecule has 150 valence electrons. The van der Waals surface area contributed by atoms with Gasteiger partial charge in [-0.1, -0.05) is 62.1 Å². The first-order chi connectivity index (χ1) is 14.3. The van der Waals surface area contributed by atoms with Gasteiger partial charge in [0, 0.05) is 23.4 Å². The van der Waals surface area contributed by atoms with Gasteiger partial charge in [0.2, 0.25) is 5.96 Å². The van der Waals surface area contributed by atoms with E-state index in [1.807, 2.05) is 12.1 Å². The maximum Gasteiger partial charge on any atom is 0.218 e. The van der Waals surface area contributed by atoms with Crippen molar-refractivity contribution in [3.63, 3.8) is 0 Å². The van der Waals surface area contributed by atoms with Crippen LogP contribution in [0.3, 0.4) is 0 Å². The molecular formula is C25H28FN3. The van der Waals surface area contributed by atoms with Gasteiger partial charge in [-0.05, 0) is 42.5 Å². The summed E-state index contributed by atoms with van der Waals surface area (Å²) in [5, 5.41) is 3.63. The van der Waals surface area contributed by atoms with Crippen LogP contribution in [0.2, 0.25) is 0 Å². The van der Waals surface area contributed by atoms with Crippen molar-refractivity contribution in [1.29, 1.82) is 0 Å². The number of benzene rings is 2. The maximum atomic E-state index is 13.4. The van der Waals surface area contributed by atoms with Crippen LogP contribution in [0.4, 0.5) is 4.39 Å². The van der Waals surface area contributed by atoms with E-state index in [0.717, 1.165) is 18.9 Å². The molecule has 1 N–H and O–H groups in total. The molecule has 2 aliphatic carbocycles. The van der Waals surface area contributed by atoms with Crippen molar-refractivity contribution in [3.8, 4) is 0 Å². The third kappa shape index (κ3) is 3.85. The monoisotopic (exact) mass is 389 g/mol. The Labute approximate surface area is 172 Å². The number of rotatable bonds is 2. The summed E-state index contributed by atoms with van der Waals surface area (Å²) in [4.78, 5) is 9.82. The minimum absolute atomic E-state index is 0.184. The molecule has 1 heterocycles. The predicted octanol–water partition coefficient (Wildman–Crippen LogP) is 5.45. The normalized spacial score (nSPS) is 24.6. The van der Waals surface area contributed by atoms with E-state index in [2.05, 4.69) is 29.6 Å². The van der Waals surface area contributed by atoms with Gasteiger partial charge in [0.25, 0.3) is 0 Å². The number of halogens is 1. The zero-order valence-electron chi connectivity index (χ0n) is 16.8. The Balaban J connectivity index is 1.44. The van der Waals surface area contributed by atoms with Crippen LogP contribution < -0.4 is 5.32 Å². The van der Waals surface area contributed by atoms with Crippen LogP contribution >= 0.6 is 0 Å². The van der Waals surface area contributed by atoms with Crippen molar-refractivity contribution < 1.29 is 4.39 Å². The molecule has 0 aromatic heterocycles. The van der Waals surface area contributed by atoms with Gasteiger partial charge in [-0.15, -0.1) is 0 Å². The van der Waals surface area contributed by atoms with Crippen molar-refractivity contribution in [3.05, 3.63) is 71.0 Å². The average molecular weight is 390 g/mol. The number of guanidine groups is 1. The van der Waals surface area contributed by atoms with Crippen LogP contribution in [0.15, 0.2) is 58.5 Å². The Morgan fingerprint density at radius 1 is 0.897 bits per heavy atom. The molecule has 2 aromatic carbocycles. The lowest BCUT2D eigenvalue weighted by Crippen LogP contribution is -2.39. The standard InChI is InChI=1S/C25H28FN3/c26-19-13-11-17(12-14-19)23-15-18-16-27-25(28-20-7-3-1-2-4-8-20)29-24(18)22-10-6-5-9-21(22)23/h5-6,9-14,18,20,23H,1-4,7-8,15-16H2,(H,27,28). The van der Waals surface area contributed by atoms with Crippen molar-refractivity contribution in [2.45, 2.75) is 56.9 Å². The van der Waals surface area contributed by atoms with Crippen LogP contribution in [0.1, 0.15) is 67.6 Å². The zero-order valence-corrected chi connectivity index (χ0v) is 16.8. The van der Waals surface area contributed by atoms with Crippen LogP contribution in [-0.4, -0.2) is 24.3 Å².